The molecule has 1 amide bonds. The minimum absolute atomic E-state index is 0.182. The van der Waals surface area contributed by atoms with E-state index < -0.39 is 5.97 Å². The molecule has 0 radical (unpaired) electrons. The number of carboxylic acids is 1. The summed E-state index contributed by atoms with van der Waals surface area (Å²) in [5.41, 5.74) is 3.27. The van der Waals surface area contributed by atoms with Crippen LogP contribution in [0.4, 0.5) is 0 Å². The lowest BCUT2D eigenvalue weighted by Gasteiger charge is -2.28. The van der Waals surface area contributed by atoms with Crippen molar-refractivity contribution < 1.29 is 14.7 Å². The van der Waals surface area contributed by atoms with Gasteiger partial charge in [0.2, 0.25) is 0 Å². The fourth-order valence-electron chi connectivity index (χ4n) is 2.53. The Morgan fingerprint density at radius 2 is 2.00 bits per heavy atom. The van der Waals surface area contributed by atoms with Gasteiger partial charge in [-0.1, -0.05) is 6.07 Å². The van der Waals surface area contributed by atoms with Crippen molar-refractivity contribution in [1.82, 2.24) is 14.9 Å². The fraction of sp³-hybridized carbons (Fsp3) is 0.250. The molecule has 0 saturated heterocycles. The maximum absolute atomic E-state index is 12.4. The summed E-state index contributed by atoms with van der Waals surface area (Å²) >= 11 is 0. The number of carbonyl (C=O) groups is 2. The topological polar surface area (TPSA) is 83.4 Å². The second-order valence-corrected chi connectivity index (χ2v) is 5.31. The molecule has 0 spiro atoms. The molecule has 1 aromatic carbocycles. The van der Waals surface area contributed by atoms with E-state index in [0.717, 1.165) is 16.8 Å². The van der Waals surface area contributed by atoms with Crippen LogP contribution in [0.2, 0.25) is 0 Å². The van der Waals surface area contributed by atoms with Gasteiger partial charge in [-0.05, 0) is 36.6 Å². The van der Waals surface area contributed by atoms with Crippen molar-refractivity contribution in [3.63, 3.8) is 0 Å². The maximum Gasteiger partial charge on any atom is 0.335 e. The molecule has 0 fully saturated rings. The van der Waals surface area contributed by atoms with Crippen molar-refractivity contribution >= 4 is 11.9 Å². The molecule has 1 aliphatic rings. The highest BCUT2D eigenvalue weighted by molar-refractivity contribution is 5.92. The molecule has 112 valence electrons. The SMILES string of the molecule is Cc1cnc(C(=O)N2CCc3ccc(C(=O)O)cc3C2)cn1. The molecule has 0 atom stereocenters. The summed E-state index contributed by atoms with van der Waals surface area (Å²) < 4.78 is 0. The van der Waals surface area contributed by atoms with Gasteiger partial charge in [-0.2, -0.15) is 0 Å². The van der Waals surface area contributed by atoms with Crippen LogP contribution in [0, 0.1) is 6.92 Å². The number of carbonyl (C=O) groups excluding carboxylic acids is 1. The van der Waals surface area contributed by atoms with Gasteiger partial charge < -0.3 is 10.0 Å². The summed E-state index contributed by atoms with van der Waals surface area (Å²) in [7, 11) is 0. The number of nitrogens with zero attached hydrogens (tertiary/aromatic N) is 3. The molecule has 1 N–H and O–H groups in total. The quantitative estimate of drug-likeness (QED) is 0.911. The van der Waals surface area contributed by atoms with Crippen LogP contribution in [0.5, 0.6) is 0 Å². The van der Waals surface area contributed by atoms with Crippen molar-refractivity contribution in [3.8, 4) is 0 Å². The van der Waals surface area contributed by atoms with Gasteiger partial charge in [-0.3, -0.25) is 9.78 Å². The monoisotopic (exact) mass is 297 g/mol. The molecule has 2 heterocycles. The molecular formula is C16H15N3O3. The number of hydrogen-bond acceptors (Lipinski definition) is 4. The number of benzene rings is 1. The average Bonchev–Trinajstić information content (AvgIpc) is 2.53. The normalized spacial score (nSPS) is 13.6. The molecule has 1 aromatic heterocycles. The third-order valence-corrected chi connectivity index (χ3v) is 3.75. The molecule has 6 nitrogen and oxygen atoms in total. The van der Waals surface area contributed by atoms with E-state index in [1.54, 1.807) is 23.2 Å². The number of aromatic nitrogens is 2. The van der Waals surface area contributed by atoms with Crippen molar-refractivity contribution in [3.05, 3.63) is 58.7 Å². The molecule has 0 aliphatic carbocycles. The maximum atomic E-state index is 12.4. The lowest BCUT2D eigenvalue weighted by atomic mass is 9.97. The van der Waals surface area contributed by atoms with Gasteiger partial charge in [0.25, 0.3) is 5.91 Å². The molecule has 6 heteroatoms. The van der Waals surface area contributed by atoms with Crippen LogP contribution in [0.25, 0.3) is 0 Å². The Bertz CT molecular complexity index is 741. The fourth-order valence-corrected chi connectivity index (χ4v) is 2.53. The number of hydrogen-bond donors (Lipinski definition) is 1. The van der Waals surface area contributed by atoms with E-state index in [2.05, 4.69) is 9.97 Å². The first-order valence-electron chi connectivity index (χ1n) is 6.97. The Labute approximate surface area is 127 Å². The Hall–Kier alpha value is -2.76. The highest BCUT2D eigenvalue weighted by Gasteiger charge is 2.23. The van der Waals surface area contributed by atoms with Crippen LogP contribution in [0.1, 0.15) is 37.7 Å². The van der Waals surface area contributed by atoms with E-state index in [0.29, 0.717) is 25.2 Å². The Kier molecular flexibility index (Phi) is 3.58. The lowest BCUT2D eigenvalue weighted by Crippen LogP contribution is -2.36. The molecule has 2 aromatic rings. The van der Waals surface area contributed by atoms with Gasteiger partial charge in [0, 0.05) is 19.3 Å². The predicted molar refractivity (Wildman–Crippen MR) is 78.6 cm³/mol. The summed E-state index contributed by atoms with van der Waals surface area (Å²) in [5.74, 6) is -1.14. The van der Waals surface area contributed by atoms with Gasteiger partial charge in [0.05, 0.1) is 17.5 Å². The minimum Gasteiger partial charge on any atom is -0.478 e. The largest absolute Gasteiger partial charge is 0.478 e. The van der Waals surface area contributed by atoms with E-state index in [4.69, 9.17) is 5.11 Å². The molecule has 1 aliphatic heterocycles. The van der Waals surface area contributed by atoms with Crippen molar-refractivity contribution in [1.29, 1.82) is 0 Å². The van der Waals surface area contributed by atoms with E-state index in [-0.39, 0.29) is 11.5 Å². The third kappa shape index (κ3) is 2.67. The smallest absolute Gasteiger partial charge is 0.335 e. The number of aromatic carboxylic acids is 1. The number of carboxylic acid groups (broad SMARTS) is 1. The zero-order chi connectivity index (χ0) is 15.7. The third-order valence-electron chi connectivity index (χ3n) is 3.75. The van der Waals surface area contributed by atoms with Crippen molar-refractivity contribution in [2.45, 2.75) is 19.9 Å². The number of amides is 1. The summed E-state index contributed by atoms with van der Waals surface area (Å²) in [6.45, 7) is 2.80. The zero-order valence-electron chi connectivity index (χ0n) is 12.1. The molecule has 0 bridgehead atoms. The minimum atomic E-state index is -0.962. The van der Waals surface area contributed by atoms with E-state index >= 15 is 0 Å². The van der Waals surface area contributed by atoms with Crippen LogP contribution < -0.4 is 0 Å². The van der Waals surface area contributed by atoms with Crippen LogP contribution in [-0.2, 0) is 13.0 Å². The first-order valence-corrected chi connectivity index (χ1v) is 6.97. The van der Waals surface area contributed by atoms with Gasteiger partial charge in [0.1, 0.15) is 5.69 Å². The van der Waals surface area contributed by atoms with Crippen LogP contribution >= 0.6 is 0 Å². The van der Waals surface area contributed by atoms with Crippen LogP contribution in [-0.4, -0.2) is 38.4 Å². The zero-order valence-corrected chi connectivity index (χ0v) is 12.1. The first-order chi connectivity index (χ1) is 10.5. The lowest BCUT2D eigenvalue weighted by molar-refractivity contribution is 0.0696. The molecular weight excluding hydrogens is 282 g/mol. The van der Waals surface area contributed by atoms with Crippen LogP contribution in [0.3, 0.4) is 0 Å². The van der Waals surface area contributed by atoms with Crippen molar-refractivity contribution in [2.24, 2.45) is 0 Å². The number of rotatable bonds is 2. The van der Waals surface area contributed by atoms with Crippen molar-refractivity contribution in [2.75, 3.05) is 6.54 Å². The Morgan fingerprint density at radius 1 is 1.18 bits per heavy atom. The summed E-state index contributed by atoms with van der Waals surface area (Å²) in [6.07, 6.45) is 3.74. The number of aryl methyl sites for hydroxylation is 1. The average molecular weight is 297 g/mol. The summed E-state index contributed by atoms with van der Waals surface area (Å²) in [6, 6.07) is 5.06. The van der Waals surface area contributed by atoms with Crippen LogP contribution in [0.15, 0.2) is 30.6 Å². The van der Waals surface area contributed by atoms with E-state index in [1.807, 2.05) is 13.0 Å². The molecule has 22 heavy (non-hydrogen) atoms. The second kappa shape index (κ2) is 5.55. The Balaban J connectivity index is 1.84. The second-order valence-electron chi connectivity index (χ2n) is 5.31. The Morgan fingerprint density at radius 3 is 2.68 bits per heavy atom. The molecule has 0 unspecified atom stereocenters. The highest BCUT2D eigenvalue weighted by Crippen LogP contribution is 2.21. The van der Waals surface area contributed by atoms with E-state index in [9.17, 15) is 9.59 Å². The predicted octanol–water partition coefficient (Wildman–Crippen LogP) is 1.68. The summed E-state index contributed by atoms with van der Waals surface area (Å²) in [4.78, 5) is 33.4. The summed E-state index contributed by atoms with van der Waals surface area (Å²) in [5, 5.41) is 9.07. The van der Waals surface area contributed by atoms with Gasteiger partial charge in [-0.25, -0.2) is 9.78 Å². The van der Waals surface area contributed by atoms with Gasteiger partial charge >= 0.3 is 5.97 Å². The highest BCUT2D eigenvalue weighted by atomic mass is 16.4. The number of fused-ring (bicyclic) bond motifs is 1. The van der Waals surface area contributed by atoms with E-state index in [1.165, 1.54) is 6.20 Å². The van der Waals surface area contributed by atoms with Gasteiger partial charge in [-0.15, -0.1) is 0 Å². The molecule has 3 rings (SSSR count). The van der Waals surface area contributed by atoms with Gasteiger partial charge in [0.15, 0.2) is 0 Å². The first kappa shape index (κ1) is 14.2. The molecule has 0 saturated carbocycles. The standard InChI is InChI=1S/C16H15N3O3/c1-10-7-18-14(8-17-10)15(20)19-5-4-11-2-3-12(16(21)22)6-13(11)9-19/h2-3,6-8H,4-5,9H2,1H3,(H,21,22).